The van der Waals surface area contributed by atoms with Crippen molar-refractivity contribution < 1.29 is 14.3 Å². The smallest absolute Gasteiger partial charge is 0.234 e. The number of thioether (sulfide) groups is 1. The summed E-state index contributed by atoms with van der Waals surface area (Å²) in [6, 6.07) is 23.5. The van der Waals surface area contributed by atoms with Gasteiger partial charge in [0, 0.05) is 17.0 Å². The van der Waals surface area contributed by atoms with Crippen molar-refractivity contribution in [3.8, 4) is 22.6 Å². The van der Waals surface area contributed by atoms with Gasteiger partial charge in [0.1, 0.15) is 11.5 Å². The average Bonchev–Trinajstić information content (AvgIpc) is 2.74. The fourth-order valence-corrected chi connectivity index (χ4v) is 3.60. The Bertz CT molecular complexity index is 911. The van der Waals surface area contributed by atoms with Gasteiger partial charge in [-0.15, -0.1) is 11.8 Å². The van der Waals surface area contributed by atoms with Gasteiger partial charge in [0.05, 0.1) is 20.0 Å². The lowest BCUT2D eigenvalue weighted by Crippen LogP contribution is -2.14. The molecule has 0 spiro atoms. The molecule has 0 unspecified atom stereocenters. The molecule has 1 N–H and O–H groups in total. The maximum absolute atomic E-state index is 12.3. The van der Waals surface area contributed by atoms with E-state index in [1.807, 2.05) is 60.7 Å². The third-order valence-electron chi connectivity index (χ3n) is 4.23. The molecule has 0 heterocycles. The zero-order chi connectivity index (χ0) is 19.8. The number of carbonyl (C=O) groups is 1. The lowest BCUT2D eigenvalue weighted by Gasteiger charge is -2.12. The first kappa shape index (κ1) is 19.8. The molecule has 0 fully saturated rings. The highest BCUT2D eigenvalue weighted by Gasteiger charge is 2.10. The number of nitrogens with one attached hydrogen (secondary N) is 1. The van der Waals surface area contributed by atoms with Gasteiger partial charge in [0.25, 0.3) is 0 Å². The van der Waals surface area contributed by atoms with Crippen LogP contribution in [0.15, 0.2) is 72.8 Å². The van der Waals surface area contributed by atoms with Crippen molar-refractivity contribution in [2.24, 2.45) is 0 Å². The second kappa shape index (κ2) is 9.85. The van der Waals surface area contributed by atoms with E-state index in [4.69, 9.17) is 9.47 Å². The lowest BCUT2D eigenvalue weighted by atomic mass is 10.0. The van der Waals surface area contributed by atoms with E-state index >= 15 is 0 Å². The molecule has 0 saturated heterocycles. The normalized spacial score (nSPS) is 10.4. The van der Waals surface area contributed by atoms with Gasteiger partial charge in [-0.25, -0.2) is 0 Å². The summed E-state index contributed by atoms with van der Waals surface area (Å²) in [5.74, 6) is 2.74. The van der Waals surface area contributed by atoms with E-state index in [2.05, 4.69) is 17.4 Å². The second-order valence-corrected chi connectivity index (χ2v) is 7.16. The Morgan fingerprint density at radius 3 is 2.36 bits per heavy atom. The maximum Gasteiger partial charge on any atom is 0.234 e. The van der Waals surface area contributed by atoms with E-state index in [9.17, 15) is 4.79 Å². The average molecular weight is 394 g/mol. The summed E-state index contributed by atoms with van der Waals surface area (Å²) in [6.07, 6.45) is 0. The zero-order valence-corrected chi connectivity index (χ0v) is 16.8. The fourth-order valence-electron chi connectivity index (χ4n) is 2.81. The summed E-state index contributed by atoms with van der Waals surface area (Å²) in [6.45, 7) is 0. The molecule has 0 saturated carbocycles. The van der Waals surface area contributed by atoms with E-state index in [1.54, 1.807) is 26.0 Å². The van der Waals surface area contributed by atoms with Crippen molar-refractivity contribution in [1.29, 1.82) is 0 Å². The number of hydrogen-bond donors (Lipinski definition) is 1. The van der Waals surface area contributed by atoms with Crippen LogP contribution in [0.25, 0.3) is 11.1 Å². The van der Waals surface area contributed by atoms with Crippen LogP contribution in [0, 0.1) is 0 Å². The summed E-state index contributed by atoms with van der Waals surface area (Å²) in [5.41, 5.74) is 3.87. The number of carbonyl (C=O) groups excluding carboxylic acids is 1. The number of rotatable bonds is 8. The first-order chi connectivity index (χ1) is 13.7. The van der Waals surface area contributed by atoms with E-state index < -0.39 is 0 Å². The van der Waals surface area contributed by atoms with Gasteiger partial charge in [-0.1, -0.05) is 42.5 Å². The van der Waals surface area contributed by atoms with Gasteiger partial charge in [0.15, 0.2) is 0 Å². The third kappa shape index (κ3) is 5.30. The van der Waals surface area contributed by atoms with E-state index in [0.29, 0.717) is 5.75 Å². The Labute approximate surface area is 169 Å². The van der Waals surface area contributed by atoms with Gasteiger partial charge in [-0.2, -0.15) is 0 Å². The molecule has 0 aliphatic heterocycles. The Kier molecular flexibility index (Phi) is 6.98. The first-order valence-electron chi connectivity index (χ1n) is 8.93. The third-order valence-corrected chi connectivity index (χ3v) is 5.23. The molecule has 0 atom stereocenters. The molecular formula is C23H23NO3S. The molecule has 28 heavy (non-hydrogen) atoms. The predicted molar refractivity (Wildman–Crippen MR) is 116 cm³/mol. The zero-order valence-electron chi connectivity index (χ0n) is 16.0. The number of methoxy groups -OCH3 is 2. The van der Waals surface area contributed by atoms with Gasteiger partial charge >= 0.3 is 0 Å². The Balaban J connectivity index is 1.65. The van der Waals surface area contributed by atoms with E-state index in [0.717, 1.165) is 34.1 Å². The van der Waals surface area contributed by atoms with Crippen molar-refractivity contribution in [3.63, 3.8) is 0 Å². The molecular weight excluding hydrogens is 370 g/mol. The molecule has 0 bridgehead atoms. The molecule has 144 valence electrons. The first-order valence-corrected chi connectivity index (χ1v) is 10.1. The number of anilines is 1. The van der Waals surface area contributed by atoms with Crippen LogP contribution in [0.2, 0.25) is 0 Å². The maximum atomic E-state index is 12.3. The molecule has 1 amide bonds. The fraction of sp³-hybridized carbons (Fsp3) is 0.174. The number of hydrogen-bond acceptors (Lipinski definition) is 4. The highest BCUT2D eigenvalue weighted by atomic mass is 32.2. The predicted octanol–water partition coefficient (Wildman–Crippen LogP) is 5.24. The highest BCUT2D eigenvalue weighted by Crippen LogP contribution is 2.33. The Hall–Kier alpha value is -2.92. The van der Waals surface area contributed by atoms with Crippen molar-refractivity contribution in [2.45, 2.75) is 5.75 Å². The van der Waals surface area contributed by atoms with Crippen LogP contribution < -0.4 is 14.8 Å². The molecule has 5 heteroatoms. The van der Waals surface area contributed by atoms with Crippen LogP contribution in [0.5, 0.6) is 11.5 Å². The summed E-state index contributed by atoms with van der Waals surface area (Å²) < 4.78 is 10.7. The quantitative estimate of drug-likeness (QED) is 0.568. The van der Waals surface area contributed by atoms with Crippen LogP contribution in [-0.2, 0) is 10.5 Å². The van der Waals surface area contributed by atoms with E-state index in [-0.39, 0.29) is 5.91 Å². The van der Waals surface area contributed by atoms with Crippen LogP contribution in [-0.4, -0.2) is 25.9 Å². The van der Waals surface area contributed by atoms with Crippen LogP contribution in [0.1, 0.15) is 5.56 Å². The summed E-state index contributed by atoms with van der Waals surface area (Å²) in [4.78, 5) is 12.3. The molecule has 4 nitrogen and oxygen atoms in total. The molecule has 3 aromatic rings. The number of ether oxygens (including phenoxy) is 2. The van der Waals surface area contributed by atoms with Crippen molar-refractivity contribution in [2.75, 3.05) is 25.3 Å². The standard InChI is InChI=1S/C23H23NO3S/c1-26-20-11-8-18(9-12-20)21-14-19(10-13-22(21)27-2)24-23(25)16-28-15-17-6-4-3-5-7-17/h3-14H,15-16H2,1-2H3,(H,24,25). The summed E-state index contributed by atoms with van der Waals surface area (Å²) >= 11 is 1.60. The minimum absolute atomic E-state index is 0.0215. The number of amides is 1. The molecule has 0 aromatic heterocycles. The van der Waals surface area contributed by atoms with Crippen LogP contribution in [0.3, 0.4) is 0 Å². The minimum Gasteiger partial charge on any atom is -0.497 e. The van der Waals surface area contributed by atoms with Crippen LogP contribution in [0.4, 0.5) is 5.69 Å². The summed E-state index contributed by atoms with van der Waals surface area (Å²) in [7, 11) is 3.28. The van der Waals surface area contributed by atoms with Gasteiger partial charge in [-0.05, 0) is 41.5 Å². The van der Waals surface area contributed by atoms with Gasteiger partial charge in [0.2, 0.25) is 5.91 Å². The van der Waals surface area contributed by atoms with Gasteiger partial charge < -0.3 is 14.8 Å². The molecule has 3 rings (SSSR count). The Morgan fingerprint density at radius 1 is 0.929 bits per heavy atom. The van der Waals surface area contributed by atoms with E-state index in [1.165, 1.54) is 5.56 Å². The lowest BCUT2D eigenvalue weighted by molar-refractivity contribution is -0.113. The SMILES string of the molecule is COc1ccc(-c2cc(NC(=O)CSCc3ccccc3)ccc2OC)cc1. The number of benzene rings is 3. The molecule has 0 aliphatic rings. The molecule has 3 aromatic carbocycles. The largest absolute Gasteiger partial charge is 0.497 e. The van der Waals surface area contributed by atoms with Crippen molar-refractivity contribution in [1.82, 2.24) is 0 Å². The monoisotopic (exact) mass is 393 g/mol. The highest BCUT2D eigenvalue weighted by molar-refractivity contribution is 7.99. The Morgan fingerprint density at radius 2 is 1.68 bits per heavy atom. The minimum atomic E-state index is -0.0215. The topological polar surface area (TPSA) is 47.6 Å². The molecule has 0 aliphatic carbocycles. The molecule has 0 radical (unpaired) electrons. The van der Waals surface area contributed by atoms with Gasteiger partial charge in [-0.3, -0.25) is 4.79 Å². The van der Waals surface area contributed by atoms with Crippen molar-refractivity contribution in [3.05, 3.63) is 78.4 Å². The second-order valence-electron chi connectivity index (χ2n) is 6.17. The van der Waals surface area contributed by atoms with Crippen molar-refractivity contribution >= 4 is 23.4 Å². The summed E-state index contributed by atoms with van der Waals surface area (Å²) in [5, 5.41) is 2.97. The van der Waals surface area contributed by atoms with Crippen LogP contribution >= 0.6 is 11.8 Å².